The van der Waals surface area contributed by atoms with E-state index in [4.69, 9.17) is 5.73 Å². The summed E-state index contributed by atoms with van der Waals surface area (Å²) >= 11 is 2.14. The highest BCUT2D eigenvalue weighted by molar-refractivity contribution is 8.04. The van der Waals surface area contributed by atoms with Crippen LogP contribution in [0.2, 0.25) is 0 Å². The van der Waals surface area contributed by atoms with Crippen LogP contribution in [0.3, 0.4) is 0 Å². The molecule has 0 aromatic heterocycles. The van der Waals surface area contributed by atoms with Gasteiger partial charge in [-0.1, -0.05) is 42.5 Å². The number of thioether (sulfide) groups is 1. The van der Waals surface area contributed by atoms with Gasteiger partial charge in [-0.3, -0.25) is 0 Å². The largest absolute Gasteiger partial charge is 0.324 e. The third-order valence-electron chi connectivity index (χ3n) is 4.91. The molecule has 1 aliphatic heterocycles. The molecule has 0 aromatic carbocycles. The molecule has 2 unspecified atom stereocenters. The molecule has 0 fully saturated rings. The number of rotatable bonds is 1. The van der Waals surface area contributed by atoms with E-state index in [1.54, 1.807) is 10.5 Å². The highest BCUT2D eigenvalue weighted by Crippen LogP contribution is 2.53. The minimum absolute atomic E-state index is 0.212. The van der Waals surface area contributed by atoms with E-state index >= 15 is 0 Å². The summed E-state index contributed by atoms with van der Waals surface area (Å²) in [6, 6.07) is 0.212. The molecule has 4 aliphatic rings. The Balaban J connectivity index is 1.70. The summed E-state index contributed by atoms with van der Waals surface area (Å²) in [6.45, 7) is 0. The van der Waals surface area contributed by atoms with Crippen LogP contribution in [0, 0.1) is 11.8 Å². The quantitative estimate of drug-likeness (QED) is 0.733. The Morgan fingerprint density at radius 2 is 2.10 bits per heavy atom. The number of nitrogens with two attached hydrogens (primary N) is 1. The fourth-order valence-electron chi connectivity index (χ4n) is 3.88. The van der Waals surface area contributed by atoms with E-state index in [9.17, 15) is 0 Å². The Morgan fingerprint density at radius 3 is 3.00 bits per heavy atom. The van der Waals surface area contributed by atoms with Crippen LogP contribution >= 0.6 is 11.8 Å². The van der Waals surface area contributed by atoms with Gasteiger partial charge in [-0.15, -0.1) is 11.8 Å². The molecule has 2 N–H and O–H groups in total. The van der Waals surface area contributed by atoms with Gasteiger partial charge < -0.3 is 5.73 Å². The first-order valence-electron chi connectivity index (χ1n) is 7.70. The molecule has 4 atom stereocenters. The van der Waals surface area contributed by atoms with Crippen molar-refractivity contribution in [2.24, 2.45) is 17.6 Å². The lowest BCUT2D eigenvalue weighted by Crippen LogP contribution is -2.28. The van der Waals surface area contributed by atoms with Gasteiger partial charge in [0.15, 0.2) is 0 Å². The highest BCUT2D eigenvalue weighted by atomic mass is 32.2. The lowest BCUT2D eigenvalue weighted by Gasteiger charge is -2.29. The molecule has 0 radical (unpaired) electrons. The van der Waals surface area contributed by atoms with Crippen molar-refractivity contribution >= 4 is 11.8 Å². The fourth-order valence-corrected chi connectivity index (χ4v) is 5.58. The topological polar surface area (TPSA) is 26.0 Å². The Kier molecular flexibility index (Phi) is 3.24. The summed E-state index contributed by atoms with van der Waals surface area (Å²) in [6.07, 6.45) is 20.9. The van der Waals surface area contributed by atoms with Crippen LogP contribution < -0.4 is 5.73 Å². The van der Waals surface area contributed by atoms with Crippen molar-refractivity contribution < 1.29 is 0 Å². The second kappa shape index (κ2) is 5.09. The van der Waals surface area contributed by atoms with Gasteiger partial charge in [0, 0.05) is 23.1 Å². The first-order valence-corrected chi connectivity index (χ1v) is 8.58. The summed E-state index contributed by atoms with van der Waals surface area (Å²) in [4.78, 5) is 1.62. The van der Waals surface area contributed by atoms with Crippen LogP contribution in [0.25, 0.3) is 0 Å². The Labute approximate surface area is 125 Å². The van der Waals surface area contributed by atoms with E-state index in [1.807, 2.05) is 0 Å². The molecular weight excluding hydrogens is 262 g/mol. The zero-order chi connectivity index (χ0) is 13.5. The molecule has 0 saturated carbocycles. The average molecular weight is 283 g/mol. The zero-order valence-electron chi connectivity index (χ0n) is 11.7. The maximum Gasteiger partial charge on any atom is 0.0298 e. The first kappa shape index (κ1) is 12.7. The van der Waals surface area contributed by atoms with E-state index < -0.39 is 0 Å². The van der Waals surface area contributed by atoms with Crippen molar-refractivity contribution in [2.45, 2.75) is 37.0 Å². The highest BCUT2D eigenvalue weighted by Gasteiger charge is 2.39. The number of hydrogen-bond acceptors (Lipinski definition) is 2. The molecule has 0 amide bonds. The monoisotopic (exact) mass is 283 g/mol. The van der Waals surface area contributed by atoms with Crippen LogP contribution in [0.15, 0.2) is 58.6 Å². The molecule has 2 heteroatoms. The fraction of sp³-hybridized carbons (Fsp3) is 0.444. The molecule has 4 rings (SSSR count). The predicted octanol–water partition coefficient (Wildman–Crippen LogP) is 4.11. The van der Waals surface area contributed by atoms with Crippen LogP contribution in [-0.4, -0.2) is 11.3 Å². The van der Waals surface area contributed by atoms with Gasteiger partial charge in [-0.05, 0) is 41.7 Å². The van der Waals surface area contributed by atoms with Gasteiger partial charge in [0.2, 0.25) is 0 Å². The minimum atomic E-state index is 0.212. The van der Waals surface area contributed by atoms with Crippen molar-refractivity contribution in [3.05, 3.63) is 58.6 Å². The Bertz CT molecular complexity index is 564. The lowest BCUT2D eigenvalue weighted by atomic mass is 9.79. The zero-order valence-corrected chi connectivity index (χ0v) is 12.5. The first-order chi connectivity index (χ1) is 9.84. The van der Waals surface area contributed by atoms with Gasteiger partial charge in [-0.2, -0.15) is 0 Å². The van der Waals surface area contributed by atoms with Crippen molar-refractivity contribution in [1.82, 2.24) is 0 Å². The van der Waals surface area contributed by atoms with E-state index in [1.165, 1.54) is 18.4 Å². The van der Waals surface area contributed by atoms with Crippen molar-refractivity contribution in [1.29, 1.82) is 0 Å². The normalized spacial score (nSPS) is 38.8. The molecule has 104 valence electrons. The van der Waals surface area contributed by atoms with Gasteiger partial charge in [0.05, 0.1) is 0 Å². The van der Waals surface area contributed by atoms with Crippen molar-refractivity contribution in [2.75, 3.05) is 0 Å². The summed E-state index contributed by atoms with van der Waals surface area (Å²) in [5.74, 6) is 1.19. The molecule has 1 heterocycles. The second-order valence-corrected chi connectivity index (χ2v) is 7.42. The standard InChI is InChI=1S/C18H21NS/c19-16-10-3-1-6-12(16)14-8-5-9-15-13-7-2-4-11-17(13)20-18(14)15/h1-3,5-7,9,13-14,16-17H,4,8,10-11,19H2/t13?,14-,16?,17-/m0/s1. The van der Waals surface area contributed by atoms with E-state index in [-0.39, 0.29) is 6.04 Å². The van der Waals surface area contributed by atoms with Crippen LogP contribution in [0.5, 0.6) is 0 Å². The summed E-state index contributed by atoms with van der Waals surface area (Å²) < 4.78 is 0. The Morgan fingerprint density at radius 1 is 1.15 bits per heavy atom. The van der Waals surface area contributed by atoms with Gasteiger partial charge >= 0.3 is 0 Å². The van der Waals surface area contributed by atoms with E-state index in [0.717, 1.165) is 18.1 Å². The van der Waals surface area contributed by atoms with Crippen molar-refractivity contribution in [3.63, 3.8) is 0 Å². The smallest absolute Gasteiger partial charge is 0.0298 e. The van der Waals surface area contributed by atoms with Gasteiger partial charge in [-0.25, -0.2) is 0 Å². The lowest BCUT2D eigenvalue weighted by molar-refractivity contribution is 0.617. The molecular formula is C18H21NS. The molecule has 0 saturated heterocycles. The average Bonchev–Trinajstić information content (AvgIpc) is 2.86. The molecule has 0 spiro atoms. The Hall–Kier alpha value is -0.990. The van der Waals surface area contributed by atoms with Crippen LogP contribution in [0.1, 0.15) is 25.7 Å². The minimum Gasteiger partial charge on any atom is -0.324 e. The predicted molar refractivity (Wildman–Crippen MR) is 87.3 cm³/mol. The summed E-state index contributed by atoms with van der Waals surface area (Å²) in [5, 5.41) is 0.770. The van der Waals surface area contributed by atoms with E-state index in [2.05, 4.69) is 54.3 Å². The van der Waals surface area contributed by atoms with Crippen LogP contribution in [0.4, 0.5) is 0 Å². The molecule has 0 aromatic rings. The molecule has 1 nitrogen and oxygen atoms in total. The number of allylic oxidation sites excluding steroid dienone is 8. The van der Waals surface area contributed by atoms with E-state index in [0.29, 0.717) is 11.8 Å². The summed E-state index contributed by atoms with van der Waals surface area (Å²) in [5.41, 5.74) is 9.37. The van der Waals surface area contributed by atoms with Gasteiger partial charge in [0.25, 0.3) is 0 Å². The van der Waals surface area contributed by atoms with Crippen molar-refractivity contribution in [3.8, 4) is 0 Å². The molecule has 0 bridgehead atoms. The molecule has 20 heavy (non-hydrogen) atoms. The maximum absolute atomic E-state index is 6.35. The van der Waals surface area contributed by atoms with Gasteiger partial charge in [0.1, 0.15) is 0 Å². The SMILES string of the molecule is NC1CC=CC=C1[C@@H]1CC=CC2=C1S[C@H]1CCC=CC21. The second-order valence-electron chi connectivity index (χ2n) is 6.13. The van der Waals surface area contributed by atoms with Crippen LogP contribution in [-0.2, 0) is 0 Å². The third-order valence-corrected chi connectivity index (χ3v) is 6.52. The maximum atomic E-state index is 6.35. The third kappa shape index (κ3) is 1.97. The number of hydrogen-bond donors (Lipinski definition) is 1. The molecule has 3 aliphatic carbocycles. The number of fused-ring (bicyclic) bond motifs is 2. The summed E-state index contributed by atoms with van der Waals surface area (Å²) in [7, 11) is 0.